The molecule has 128 valence electrons. The van der Waals surface area contributed by atoms with Crippen molar-refractivity contribution in [1.82, 2.24) is 14.7 Å². The van der Waals surface area contributed by atoms with Crippen molar-refractivity contribution in [3.05, 3.63) is 21.9 Å². The second-order valence-corrected chi connectivity index (χ2v) is 8.25. The van der Waals surface area contributed by atoms with Gasteiger partial charge in [0.2, 0.25) is 0 Å². The first-order chi connectivity index (χ1) is 11.1. The van der Waals surface area contributed by atoms with Gasteiger partial charge in [-0.1, -0.05) is 13.8 Å². The molecular weight excluding hydrogens is 306 g/mol. The maximum atomic E-state index is 12.8. The quantitative estimate of drug-likeness (QED) is 0.846. The van der Waals surface area contributed by atoms with Crippen LogP contribution in [0.3, 0.4) is 0 Å². The highest BCUT2D eigenvalue weighted by Crippen LogP contribution is 2.29. The summed E-state index contributed by atoms with van der Waals surface area (Å²) in [4.78, 5) is 22.0. The lowest BCUT2D eigenvalue weighted by molar-refractivity contribution is 0.0723. The van der Waals surface area contributed by atoms with Gasteiger partial charge in [-0.25, -0.2) is 0 Å². The second kappa shape index (κ2) is 7.32. The van der Waals surface area contributed by atoms with Gasteiger partial charge in [-0.3, -0.25) is 9.69 Å². The van der Waals surface area contributed by atoms with Crippen LogP contribution in [0.2, 0.25) is 0 Å². The highest BCUT2D eigenvalue weighted by molar-refractivity contribution is 7.14. The van der Waals surface area contributed by atoms with Gasteiger partial charge < -0.3 is 9.80 Å². The molecule has 2 fully saturated rings. The maximum absolute atomic E-state index is 12.8. The summed E-state index contributed by atoms with van der Waals surface area (Å²) < 4.78 is 0. The van der Waals surface area contributed by atoms with Crippen molar-refractivity contribution >= 4 is 17.2 Å². The van der Waals surface area contributed by atoms with Crippen LogP contribution in [0.5, 0.6) is 0 Å². The minimum Gasteiger partial charge on any atom is -0.335 e. The number of carbonyl (C=O) groups is 1. The molecule has 3 heterocycles. The Bertz CT molecular complexity index is 536. The molecule has 2 unspecified atom stereocenters. The number of rotatable bonds is 4. The summed E-state index contributed by atoms with van der Waals surface area (Å²) in [6.45, 7) is 10.9. The van der Waals surface area contributed by atoms with E-state index in [-0.39, 0.29) is 5.91 Å². The van der Waals surface area contributed by atoms with Gasteiger partial charge in [-0.2, -0.15) is 0 Å². The Morgan fingerprint density at radius 3 is 2.65 bits per heavy atom. The smallest absolute Gasteiger partial charge is 0.264 e. The predicted octanol–water partition coefficient (Wildman–Crippen LogP) is 2.76. The monoisotopic (exact) mass is 335 g/mol. The van der Waals surface area contributed by atoms with E-state index >= 15 is 0 Å². The predicted molar refractivity (Wildman–Crippen MR) is 96.0 cm³/mol. The van der Waals surface area contributed by atoms with E-state index in [1.807, 2.05) is 6.07 Å². The van der Waals surface area contributed by atoms with Crippen molar-refractivity contribution in [1.29, 1.82) is 0 Å². The van der Waals surface area contributed by atoms with Crippen molar-refractivity contribution in [2.24, 2.45) is 5.92 Å². The summed E-state index contributed by atoms with van der Waals surface area (Å²) in [5, 5.41) is 0. The Hall–Kier alpha value is -0.910. The Morgan fingerprint density at radius 2 is 1.96 bits per heavy atom. The SMILES string of the molecule is CCC1C(C)CCN1C(=O)c1ccc(CN2CCN(C)CC2)s1. The van der Waals surface area contributed by atoms with Crippen LogP contribution in [-0.4, -0.2) is 66.4 Å². The van der Waals surface area contributed by atoms with E-state index in [9.17, 15) is 4.79 Å². The molecule has 2 aliphatic heterocycles. The number of piperazine rings is 1. The van der Waals surface area contributed by atoms with Gasteiger partial charge in [0.15, 0.2) is 0 Å². The zero-order valence-electron chi connectivity index (χ0n) is 14.6. The fourth-order valence-electron chi connectivity index (χ4n) is 3.83. The standard InChI is InChI=1S/C18H29N3OS/c1-4-16-14(2)7-8-21(16)18(22)17-6-5-15(23-17)13-20-11-9-19(3)10-12-20/h5-6,14,16H,4,7-13H2,1-3H3. The largest absolute Gasteiger partial charge is 0.335 e. The van der Waals surface area contributed by atoms with Crippen molar-refractivity contribution in [3.63, 3.8) is 0 Å². The Morgan fingerprint density at radius 1 is 1.22 bits per heavy atom. The number of likely N-dealkylation sites (N-methyl/N-ethyl adjacent to an activating group) is 1. The van der Waals surface area contributed by atoms with Crippen LogP contribution in [0.4, 0.5) is 0 Å². The summed E-state index contributed by atoms with van der Waals surface area (Å²) in [7, 11) is 2.18. The van der Waals surface area contributed by atoms with Gasteiger partial charge in [0.05, 0.1) is 4.88 Å². The van der Waals surface area contributed by atoms with E-state index in [4.69, 9.17) is 0 Å². The maximum Gasteiger partial charge on any atom is 0.264 e. The zero-order chi connectivity index (χ0) is 16.4. The number of hydrogen-bond donors (Lipinski definition) is 0. The van der Waals surface area contributed by atoms with Crippen LogP contribution < -0.4 is 0 Å². The molecule has 2 atom stereocenters. The summed E-state index contributed by atoms with van der Waals surface area (Å²) in [6.07, 6.45) is 2.20. The van der Waals surface area contributed by atoms with Crippen molar-refractivity contribution < 1.29 is 4.79 Å². The van der Waals surface area contributed by atoms with Crippen LogP contribution in [0.1, 0.15) is 41.2 Å². The highest BCUT2D eigenvalue weighted by Gasteiger charge is 2.34. The van der Waals surface area contributed by atoms with E-state index in [1.54, 1.807) is 11.3 Å². The molecule has 3 rings (SSSR count). The van der Waals surface area contributed by atoms with Gasteiger partial charge in [0, 0.05) is 50.2 Å². The average molecular weight is 336 g/mol. The molecule has 0 bridgehead atoms. The second-order valence-electron chi connectivity index (χ2n) is 7.09. The minimum atomic E-state index is 0.246. The minimum absolute atomic E-state index is 0.246. The molecule has 1 aromatic heterocycles. The molecule has 0 radical (unpaired) electrons. The number of likely N-dealkylation sites (tertiary alicyclic amines) is 1. The average Bonchev–Trinajstić information content (AvgIpc) is 3.15. The van der Waals surface area contributed by atoms with Gasteiger partial charge in [0.1, 0.15) is 0 Å². The van der Waals surface area contributed by atoms with E-state index < -0.39 is 0 Å². The number of carbonyl (C=O) groups excluding carboxylic acids is 1. The molecule has 23 heavy (non-hydrogen) atoms. The molecule has 1 amide bonds. The molecule has 2 saturated heterocycles. The Labute approximate surface area is 144 Å². The molecule has 0 N–H and O–H groups in total. The lowest BCUT2D eigenvalue weighted by Crippen LogP contribution is -2.43. The molecule has 2 aliphatic rings. The Balaban J connectivity index is 1.61. The van der Waals surface area contributed by atoms with E-state index in [0.717, 1.165) is 57.0 Å². The summed E-state index contributed by atoms with van der Waals surface area (Å²) >= 11 is 1.69. The first-order valence-corrected chi connectivity index (χ1v) is 9.70. The van der Waals surface area contributed by atoms with Crippen LogP contribution in [-0.2, 0) is 6.54 Å². The third-order valence-electron chi connectivity index (χ3n) is 5.41. The lowest BCUT2D eigenvalue weighted by atomic mass is 10.0. The van der Waals surface area contributed by atoms with Crippen molar-refractivity contribution in [2.45, 2.75) is 39.3 Å². The number of amides is 1. The number of nitrogens with zero attached hydrogens (tertiary/aromatic N) is 3. The van der Waals surface area contributed by atoms with Crippen molar-refractivity contribution in [2.75, 3.05) is 39.8 Å². The summed E-state index contributed by atoms with van der Waals surface area (Å²) in [5.74, 6) is 0.879. The molecule has 4 nitrogen and oxygen atoms in total. The summed E-state index contributed by atoms with van der Waals surface area (Å²) in [5.41, 5.74) is 0. The molecule has 5 heteroatoms. The first-order valence-electron chi connectivity index (χ1n) is 8.89. The topological polar surface area (TPSA) is 26.8 Å². The van der Waals surface area contributed by atoms with Crippen LogP contribution >= 0.6 is 11.3 Å². The molecule has 0 spiro atoms. The van der Waals surface area contributed by atoms with Crippen LogP contribution in [0.25, 0.3) is 0 Å². The van der Waals surface area contributed by atoms with Crippen LogP contribution in [0, 0.1) is 5.92 Å². The third-order valence-corrected chi connectivity index (χ3v) is 6.47. The zero-order valence-corrected chi connectivity index (χ0v) is 15.4. The Kier molecular flexibility index (Phi) is 5.39. The molecule has 1 aromatic rings. The normalized spacial score (nSPS) is 26.8. The first kappa shape index (κ1) is 16.9. The molecule has 0 aliphatic carbocycles. The van der Waals surface area contributed by atoms with E-state index in [2.05, 4.69) is 41.7 Å². The summed E-state index contributed by atoms with van der Waals surface area (Å²) in [6, 6.07) is 4.61. The van der Waals surface area contributed by atoms with E-state index in [0.29, 0.717) is 12.0 Å². The van der Waals surface area contributed by atoms with Gasteiger partial charge in [-0.05, 0) is 37.9 Å². The number of thiophene rings is 1. The number of hydrogen-bond acceptors (Lipinski definition) is 4. The lowest BCUT2D eigenvalue weighted by Gasteiger charge is -2.31. The highest BCUT2D eigenvalue weighted by atomic mass is 32.1. The van der Waals surface area contributed by atoms with Gasteiger partial charge >= 0.3 is 0 Å². The van der Waals surface area contributed by atoms with Crippen molar-refractivity contribution in [3.8, 4) is 0 Å². The third kappa shape index (κ3) is 3.78. The fourth-order valence-corrected chi connectivity index (χ4v) is 4.84. The molecule has 0 saturated carbocycles. The van der Waals surface area contributed by atoms with Gasteiger partial charge in [0.25, 0.3) is 5.91 Å². The van der Waals surface area contributed by atoms with Gasteiger partial charge in [-0.15, -0.1) is 11.3 Å². The van der Waals surface area contributed by atoms with Crippen LogP contribution in [0.15, 0.2) is 12.1 Å². The molecule has 0 aromatic carbocycles. The molecular formula is C18H29N3OS. The van der Waals surface area contributed by atoms with E-state index in [1.165, 1.54) is 4.88 Å². The fraction of sp³-hybridized carbons (Fsp3) is 0.722.